The highest BCUT2D eigenvalue weighted by Crippen LogP contribution is 2.23. The maximum Gasteiger partial charge on any atom is 0.124 e. The Morgan fingerprint density at radius 2 is 1.71 bits per heavy atom. The Balaban J connectivity index is 2.49. The lowest BCUT2D eigenvalue weighted by Crippen LogP contribution is -2.05. The van der Waals surface area contributed by atoms with Crippen molar-refractivity contribution in [3.63, 3.8) is 0 Å². The van der Waals surface area contributed by atoms with Gasteiger partial charge in [-0.1, -0.05) is 6.07 Å². The van der Waals surface area contributed by atoms with E-state index in [9.17, 15) is 13.0 Å². The third kappa shape index (κ3) is 1.81. The molecule has 4 heteroatoms. The van der Waals surface area contributed by atoms with Gasteiger partial charge in [0.25, 0.3) is 0 Å². The van der Waals surface area contributed by atoms with Crippen molar-refractivity contribution in [2.75, 3.05) is 0 Å². The Kier molecular flexibility index (Phi) is 2.33. The first kappa shape index (κ1) is 9.68. The molecule has 1 aromatic carbocycles. The summed E-state index contributed by atoms with van der Waals surface area (Å²) >= 11 is 0. The van der Waals surface area contributed by atoms with Crippen molar-refractivity contribution >= 4 is 10.1 Å². The first-order valence-corrected chi connectivity index (χ1v) is 6.06. The van der Waals surface area contributed by atoms with Crippen molar-refractivity contribution < 1.29 is 13.0 Å². The third-order valence-corrected chi connectivity index (χ3v) is 3.44. The van der Waals surface area contributed by atoms with Gasteiger partial charge in [-0.3, -0.25) is 0 Å². The molecule has 0 saturated carbocycles. The van der Waals surface area contributed by atoms with Crippen LogP contribution in [0.2, 0.25) is 0 Å². The highest BCUT2D eigenvalue weighted by molar-refractivity contribution is 7.85. The molecule has 0 saturated heterocycles. The van der Waals surface area contributed by atoms with Crippen molar-refractivity contribution in [1.82, 2.24) is 0 Å². The van der Waals surface area contributed by atoms with Crippen LogP contribution in [0, 0.1) is 0 Å². The Morgan fingerprint density at radius 1 is 1.07 bits per heavy atom. The van der Waals surface area contributed by atoms with Crippen molar-refractivity contribution in [2.45, 2.75) is 30.6 Å². The zero-order valence-corrected chi connectivity index (χ0v) is 8.51. The van der Waals surface area contributed by atoms with Crippen LogP contribution in [0.5, 0.6) is 0 Å². The molecule has 1 aliphatic rings. The normalized spacial score (nSPS) is 16.4. The average Bonchev–Trinajstić information content (AvgIpc) is 2.16. The summed E-state index contributed by atoms with van der Waals surface area (Å²) in [4.78, 5) is -0.0989. The number of benzene rings is 1. The number of hydrogen-bond acceptors (Lipinski definition) is 3. The van der Waals surface area contributed by atoms with Crippen LogP contribution >= 0.6 is 0 Å². The van der Waals surface area contributed by atoms with Crippen LogP contribution in [-0.2, 0) is 23.0 Å². The SMILES string of the molecule is O=S(=O)([O-])c1ccc2c(c1)CCCC2. The van der Waals surface area contributed by atoms with E-state index in [0.29, 0.717) is 0 Å². The molecular formula is C10H11O3S-. The zero-order chi connectivity index (χ0) is 10.2. The van der Waals surface area contributed by atoms with Gasteiger partial charge >= 0.3 is 0 Å². The standard InChI is InChI=1S/C10H12O3S/c11-14(12,13)10-6-5-8-3-1-2-4-9(8)7-10/h5-7H,1-4H2,(H,11,12,13)/p-1. The summed E-state index contributed by atoms with van der Waals surface area (Å²) in [6.45, 7) is 0. The fourth-order valence-electron chi connectivity index (χ4n) is 1.87. The molecule has 0 radical (unpaired) electrons. The summed E-state index contributed by atoms with van der Waals surface area (Å²) in [6.07, 6.45) is 4.11. The molecule has 0 heterocycles. The molecule has 0 bridgehead atoms. The Bertz CT molecular complexity index is 448. The summed E-state index contributed by atoms with van der Waals surface area (Å²) in [5, 5.41) is 0. The Labute approximate surface area is 83.5 Å². The smallest absolute Gasteiger partial charge is 0.124 e. The molecular weight excluding hydrogens is 200 g/mol. The molecule has 2 rings (SSSR count). The van der Waals surface area contributed by atoms with E-state index in [0.717, 1.165) is 31.2 Å². The van der Waals surface area contributed by atoms with Crippen molar-refractivity contribution in [3.8, 4) is 0 Å². The van der Waals surface area contributed by atoms with Crippen molar-refractivity contribution in [2.24, 2.45) is 0 Å². The van der Waals surface area contributed by atoms with Crippen molar-refractivity contribution in [3.05, 3.63) is 29.3 Å². The average molecular weight is 211 g/mol. The maximum absolute atomic E-state index is 10.8. The Morgan fingerprint density at radius 3 is 2.36 bits per heavy atom. The quantitative estimate of drug-likeness (QED) is 0.661. The predicted octanol–water partition coefficient (Wildman–Crippen LogP) is 1.47. The maximum atomic E-state index is 10.8. The molecule has 3 nitrogen and oxygen atoms in total. The number of hydrogen-bond donors (Lipinski definition) is 0. The second kappa shape index (κ2) is 3.37. The predicted molar refractivity (Wildman–Crippen MR) is 51.0 cm³/mol. The van der Waals surface area contributed by atoms with E-state index >= 15 is 0 Å². The van der Waals surface area contributed by atoms with Crippen LogP contribution in [-0.4, -0.2) is 13.0 Å². The van der Waals surface area contributed by atoms with E-state index in [-0.39, 0.29) is 4.90 Å². The molecule has 1 aliphatic carbocycles. The first-order chi connectivity index (χ1) is 6.57. The molecule has 14 heavy (non-hydrogen) atoms. The number of fused-ring (bicyclic) bond motifs is 1. The van der Waals surface area contributed by atoms with Gasteiger partial charge in [-0.2, -0.15) is 0 Å². The summed E-state index contributed by atoms with van der Waals surface area (Å²) in [5.74, 6) is 0. The second-order valence-corrected chi connectivity index (χ2v) is 4.97. The van der Waals surface area contributed by atoms with Crippen LogP contribution in [0.15, 0.2) is 23.1 Å². The lowest BCUT2D eigenvalue weighted by atomic mass is 9.92. The van der Waals surface area contributed by atoms with E-state index in [1.807, 2.05) is 0 Å². The molecule has 0 aliphatic heterocycles. The minimum atomic E-state index is -4.29. The molecule has 76 valence electrons. The molecule has 0 unspecified atom stereocenters. The summed E-state index contributed by atoms with van der Waals surface area (Å²) in [6, 6.07) is 4.70. The summed E-state index contributed by atoms with van der Waals surface area (Å²) in [5.41, 5.74) is 2.21. The van der Waals surface area contributed by atoms with Gasteiger partial charge in [0.1, 0.15) is 10.1 Å². The molecule has 0 amide bonds. The zero-order valence-electron chi connectivity index (χ0n) is 7.69. The van der Waals surface area contributed by atoms with E-state index in [2.05, 4.69) is 0 Å². The van der Waals surface area contributed by atoms with Crippen LogP contribution in [0.4, 0.5) is 0 Å². The van der Waals surface area contributed by atoms with E-state index in [1.165, 1.54) is 17.7 Å². The van der Waals surface area contributed by atoms with Gasteiger partial charge in [0, 0.05) is 0 Å². The van der Waals surface area contributed by atoms with Crippen LogP contribution in [0.1, 0.15) is 24.0 Å². The van der Waals surface area contributed by atoms with E-state index in [1.54, 1.807) is 6.07 Å². The van der Waals surface area contributed by atoms with Gasteiger partial charge in [-0.15, -0.1) is 0 Å². The van der Waals surface area contributed by atoms with Gasteiger partial charge in [-0.05, 0) is 48.9 Å². The highest BCUT2D eigenvalue weighted by atomic mass is 32.2. The van der Waals surface area contributed by atoms with Gasteiger partial charge in [0.2, 0.25) is 0 Å². The molecule has 0 spiro atoms. The molecule has 0 atom stereocenters. The molecule has 0 aromatic heterocycles. The fraction of sp³-hybridized carbons (Fsp3) is 0.400. The largest absolute Gasteiger partial charge is 0.744 e. The van der Waals surface area contributed by atoms with Crippen molar-refractivity contribution in [1.29, 1.82) is 0 Å². The summed E-state index contributed by atoms with van der Waals surface area (Å²) < 4.78 is 32.3. The van der Waals surface area contributed by atoms with Gasteiger partial charge in [0.15, 0.2) is 0 Å². The van der Waals surface area contributed by atoms with Gasteiger partial charge in [-0.25, -0.2) is 8.42 Å². The van der Waals surface area contributed by atoms with Gasteiger partial charge in [0.05, 0.1) is 4.90 Å². The van der Waals surface area contributed by atoms with Crippen LogP contribution in [0.3, 0.4) is 0 Å². The summed E-state index contributed by atoms with van der Waals surface area (Å²) in [7, 11) is -4.29. The fourth-order valence-corrected chi connectivity index (χ4v) is 2.39. The lowest BCUT2D eigenvalue weighted by Gasteiger charge is -2.17. The highest BCUT2D eigenvalue weighted by Gasteiger charge is 2.11. The first-order valence-electron chi connectivity index (χ1n) is 4.65. The van der Waals surface area contributed by atoms with E-state index < -0.39 is 10.1 Å². The number of aryl methyl sites for hydroxylation is 2. The molecule has 0 N–H and O–H groups in total. The monoisotopic (exact) mass is 211 g/mol. The Hall–Kier alpha value is -0.870. The number of rotatable bonds is 1. The molecule has 1 aromatic rings. The molecule has 0 fully saturated rings. The second-order valence-electron chi connectivity index (χ2n) is 3.59. The third-order valence-electron chi connectivity index (χ3n) is 2.61. The van der Waals surface area contributed by atoms with Crippen LogP contribution in [0.25, 0.3) is 0 Å². The topological polar surface area (TPSA) is 57.2 Å². The van der Waals surface area contributed by atoms with Crippen LogP contribution < -0.4 is 0 Å². The van der Waals surface area contributed by atoms with E-state index in [4.69, 9.17) is 0 Å². The lowest BCUT2D eigenvalue weighted by molar-refractivity contribution is 0.463. The van der Waals surface area contributed by atoms with Gasteiger partial charge < -0.3 is 4.55 Å². The minimum absolute atomic E-state index is 0.0989. The minimum Gasteiger partial charge on any atom is -0.744 e.